The van der Waals surface area contributed by atoms with Gasteiger partial charge in [-0.05, 0) is 19.5 Å². The van der Waals surface area contributed by atoms with Gasteiger partial charge in [-0.15, -0.1) is 0 Å². The molecule has 0 rings (SSSR count). The lowest BCUT2D eigenvalue weighted by Gasteiger charge is -2.17. The maximum absolute atomic E-state index is 3.42. The van der Waals surface area contributed by atoms with Crippen molar-refractivity contribution < 1.29 is 0 Å². The Hall–Kier alpha value is 0.137. The van der Waals surface area contributed by atoms with Gasteiger partial charge < -0.3 is 10.6 Å². The average molecular weight is 174 g/mol. The molecular weight excluding hydrogens is 152 g/mol. The summed E-state index contributed by atoms with van der Waals surface area (Å²) in [4.78, 5) is 0. The highest BCUT2D eigenvalue weighted by Gasteiger charge is 2.02. The van der Waals surface area contributed by atoms with Crippen LogP contribution in [0.3, 0.4) is 0 Å². The molecule has 0 saturated heterocycles. The standard InChI is InChI=1S/C8H22N2Si/c1-3-9-8(10-4-2)6-5-7-11/h8-10H,3-7H2,1-2,11H3. The molecular formula is C8H22N2Si. The highest BCUT2D eigenvalue weighted by atomic mass is 28.1. The lowest BCUT2D eigenvalue weighted by atomic mass is 10.2. The monoisotopic (exact) mass is 174 g/mol. The van der Waals surface area contributed by atoms with Gasteiger partial charge in [0, 0.05) is 10.2 Å². The maximum atomic E-state index is 3.42. The van der Waals surface area contributed by atoms with Crippen LogP contribution in [0.2, 0.25) is 6.04 Å². The summed E-state index contributed by atoms with van der Waals surface area (Å²) in [5.74, 6) is 0. The number of hydrogen-bond acceptors (Lipinski definition) is 2. The quantitative estimate of drug-likeness (QED) is 0.422. The third-order valence-corrected chi connectivity index (χ3v) is 2.45. The highest BCUT2D eigenvalue weighted by Crippen LogP contribution is 1.96. The van der Waals surface area contributed by atoms with Gasteiger partial charge >= 0.3 is 0 Å². The van der Waals surface area contributed by atoms with Crippen LogP contribution in [0.4, 0.5) is 0 Å². The van der Waals surface area contributed by atoms with Crippen LogP contribution in [-0.2, 0) is 0 Å². The molecule has 3 heteroatoms. The van der Waals surface area contributed by atoms with E-state index in [4.69, 9.17) is 0 Å². The molecule has 0 aliphatic carbocycles. The minimum absolute atomic E-state index is 0.555. The fourth-order valence-electron chi connectivity index (χ4n) is 1.18. The Bertz CT molecular complexity index is 72.5. The lowest BCUT2D eigenvalue weighted by Crippen LogP contribution is -2.41. The summed E-state index contributed by atoms with van der Waals surface area (Å²) in [5, 5.41) is 6.85. The van der Waals surface area contributed by atoms with E-state index in [0.29, 0.717) is 6.17 Å². The van der Waals surface area contributed by atoms with Crippen molar-refractivity contribution in [2.24, 2.45) is 0 Å². The molecule has 2 N–H and O–H groups in total. The Balaban J connectivity index is 3.34. The zero-order valence-corrected chi connectivity index (χ0v) is 10.1. The average Bonchev–Trinajstić information content (AvgIpc) is 2.01. The molecule has 0 aromatic carbocycles. The molecule has 0 fully saturated rings. The highest BCUT2D eigenvalue weighted by molar-refractivity contribution is 6.08. The topological polar surface area (TPSA) is 24.1 Å². The summed E-state index contributed by atoms with van der Waals surface area (Å²) in [7, 11) is 1.35. The minimum Gasteiger partial charge on any atom is -0.302 e. The van der Waals surface area contributed by atoms with Gasteiger partial charge in [-0.25, -0.2) is 0 Å². The summed E-state index contributed by atoms with van der Waals surface area (Å²) >= 11 is 0. The molecule has 0 aromatic heterocycles. The first-order chi connectivity index (χ1) is 5.35. The van der Waals surface area contributed by atoms with E-state index >= 15 is 0 Å². The molecule has 0 aliphatic rings. The zero-order chi connectivity index (χ0) is 8.53. The molecule has 11 heavy (non-hydrogen) atoms. The second-order valence-corrected chi connectivity index (χ2v) is 3.81. The first kappa shape index (κ1) is 11.1. The van der Waals surface area contributed by atoms with Crippen molar-refractivity contribution in [1.29, 1.82) is 0 Å². The van der Waals surface area contributed by atoms with Crippen LogP contribution < -0.4 is 10.6 Å². The summed E-state index contributed by atoms with van der Waals surface area (Å²) in [6, 6.07) is 1.42. The minimum atomic E-state index is 0.555. The number of rotatable bonds is 7. The summed E-state index contributed by atoms with van der Waals surface area (Å²) in [5.41, 5.74) is 0. The van der Waals surface area contributed by atoms with Gasteiger partial charge in [0.05, 0.1) is 6.17 Å². The van der Waals surface area contributed by atoms with Gasteiger partial charge in [0.25, 0.3) is 0 Å². The van der Waals surface area contributed by atoms with Gasteiger partial charge in [0.2, 0.25) is 0 Å². The van der Waals surface area contributed by atoms with E-state index < -0.39 is 0 Å². The zero-order valence-electron chi connectivity index (χ0n) is 8.11. The van der Waals surface area contributed by atoms with Crippen LogP contribution in [0, 0.1) is 0 Å². The van der Waals surface area contributed by atoms with Gasteiger partial charge in [0.15, 0.2) is 0 Å². The molecule has 0 saturated carbocycles. The molecule has 0 amide bonds. The predicted octanol–water partition coefficient (Wildman–Crippen LogP) is 0.0954. The first-order valence-corrected chi connectivity index (χ1v) is 6.23. The molecule has 0 bridgehead atoms. The van der Waals surface area contributed by atoms with E-state index in [2.05, 4.69) is 24.5 Å². The Morgan fingerprint density at radius 3 is 2.09 bits per heavy atom. The second kappa shape index (κ2) is 8.24. The van der Waals surface area contributed by atoms with E-state index in [1.54, 1.807) is 0 Å². The van der Waals surface area contributed by atoms with Crippen LogP contribution in [0.5, 0.6) is 0 Å². The fourth-order valence-corrected chi connectivity index (χ4v) is 1.59. The van der Waals surface area contributed by atoms with Crippen molar-refractivity contribution in [3.05, 3.63) is 0 Å². The van der Waals surface area contributed by atoms with E-state index in [1.807, 2.05) is 0 Å². The van der Waals surface area contributed by atoms with E-state index in [-0.39, 0.29) is 0 Å². The molecule has 0 aliphatic heterocycles. The SMILES string of the molecule is CCNC(CCC[SiH3])NCC. The van der Waals surface area contributed by atoms with Crippen molar-refractivity contribution >= 4 is 10.2 Å². The first-order valence-electron chi connectivity index (χ1n) is 4.81. The van der Waals surface area contributed by atoms with Crippen molar-refractivity contribution in [3.63, 3.8) is 0 Å². The summed E-state index contributed by atoms with van der Waals surface area (Å²) in [6.45, 7) is 6.45. The third-order valence-electron chi connectivity index (χ3n) is 1.75. The van der Waals surface area contributed by atoms with Crippen LogP contribution in [0.15, 0.2) is 0 Å². The molecule has 2 nitrogen and oxygen atoms in total. The lowest BCUT2D eigenvalue weighted by molar-refractivity contribution is 0.415. The van der Waals surface area contributed by atoms with E-state index in [1.165, 1.54) is 29.1 Å². The van der Waals surface area contributed by atoms with Crippen molar-refractivity contribution in [1.82, 2.24) is 10.6 Å². The van der Waals surface area contributed by atoms with Gasteiger partial charge in [-0.1, -0.05) is 26.3 Å². The van der Waals surface area contributed by atoms with E-state index in [0.717, 1.165) is 13.1 Å². The normalized spacial score (nSPS) is 11.2. The number of hydrogen-bond donors (Lipinski definition) is 2. The Morgan fingerprint density at radius 2 is 1.73 bits per heavy atom. The molecule has 0 heterocycles. The second-order valence-electron chi connectivity index (χ2n) is 2.81. The molecule has 0 radical (unpaired) electrons. The van der Waals surface area contributed by atoms with Crippen LogP contribution >= 0.6 is 0 Å². The smallest absolute Gasteiger partial charge is 0.0571 e. The van der Waals surface area contributed by atoms with Crippen molar-refractivity contribution in [2.75, 3.05) is 13.1 Å². The van der Waals surface area contributed by atoms with Gasteiger partial charge in [0.1, 0.15) is 0 Å². The largest absolute Gasteiger partial charge is 0.302 e. The van der Waals surface area contributed by atoms with Crippen LogP contribution in [0.1, 0.15) is 26.7 Å². The third kappa shape index (κ3) is 6.53. The van der Waals surface area contributed by atoms with Crippen molar-refractivity contribution in [2.45, 2.75) is 38.9 Å². The van der Waals surface area contributed by atoms with E-state index in [9.17, 15) is 0 Å². The molecule has 0 spiro atoms. The maximum Gasteiger partial charge on any atom is 0.0571 e. The van der Waals surface area contributed by atoms with Crippen molar-refractivity contribution in [3.8, 4) is 0 Å². The summed E-state index contributed by atoms with van der Waals surface area (Å²) in [6.07, 6.45) is 3.21. The molecule has 0 atom stereocenters. The Labute approximate surface area is 73.6 Å². The van der Waals surface area contributed by atoms with Gasteiger partial charge in [-0.2, -0.15) is 0 Å². The van der Waals surface area contributed by atoms with Gasteiger partial charge in [-0.3, -0.25) is 0 Å². The predicted molar refractivity (Wildman–Crippen MR) is 55.1 cm³/mol. The fraction of sp³-hybridized carbons (Fsp3) is 1.00. The molecule has 68 valence electrons. The molecule has 0 unspecified atom stereocenters. The van der Waals surface area contributed by atoms with Crippen LogP contribution in [-0.4, -0.2) is 29.5 Å². The van der Waals surface area contributed by atoms with Crippen LogP contribution in [0.25, 0.3) is 0 Å². The summed E-state index contributed by atoms with van der Waals surface area (Å²) < 4.78 is 0. The molecule has 0 aromatic rings. The number of nitrogens with one attached hydrogen (secondary N) is 2. The Kier molecular flexibility index (Phi) is 8.34. The Morgan fingerprint density at radius 1 is 1.18 bits per heavy atom.